The molecule has 2 rings (SSSR count). The Morgan fingerprint density at radius 3 is 2.74 bits per heavy atom. The Bertz CT molecular complexity index is 611. The second-order valence-corrected chi connectivity index (χ2v) is 4.34. The van der Waals surface area contributed by atoms with Crippen LogP contribution in [0.15, 0.2) is 48.5 Å². The lowest BCUT2D eigenvalue weighted by Crippen LogP contribution is -1.95. The van der Waals surface area contributed by atoms with Crippen LogP contribution in [-0.4, -0.2) is 11.7 Å². The molecule has 0 aromatic heterocycles. The van der Waals surface area contributed by atoms with Gasteiger partial charge in [0.2, 0.25) is 0 Å². The van der Waals surface area contributed by atoms with Crippen molar-refractivity contribution >= 4 is 11.6 Å². The van der Waals surface area contributed by atoms with Crippen LogP contribution in [0.5, 0.6) is 5.75 Å². The first-order valence-electron chi connectivity index (χ1n) is 5.85. The predicted molar refractivity (Wildman–Crippen MR) is 76.2 cm³/mol. The first-order chi connectivity index (χ1) is 9.28. The zero-order valence-electron chi connectivity index (χ0n) is 10.3. The summed E-state index contributed by atoms with van der Waals surface area (Å²) < 4.78 is 5.65. The zero-order chi connectivity index (χ0) is 13.5. The van der Waals surface area contributed by atoms with E-state index in [9.17, 15) is 0 Å². The predicted octanol–water partition coefficient (Wildman–Crippen LogP) is 3.26. The number of hydrogen-bond acceptors (Lipinski definition) is 2. The second-order valence-electron chi connectivity index (χ2n) is 3.91. The number of benzene rings is 2. The standard InChI is InChI=1S/C16H13ClO2/c17-15-7-2-8-16(11-15)19-12-14-5-1-4-13(10-14)6-3-9-18/h1-2,4-5,7-8,10-11,18H,9,12H2. The Kier molecular flexibility index (Phi) is 4.85. The van der Waals surface area contributed by atoms with Crippen molar-refractivity contribution in [1.82, 2.24) is 0 Å². The molecule has 0 unspecified atom stereocenters. The molecule has 0 amide bonds. The molecular weight excluding hydrogens is 260 g/mol. The second kappa shape index (κ2) is 6.84. The summed E-state index contributed by atoms with van der Waals surface area (Å²) in [6, 6.07) is 15.0. The molecule has 0 atom stereocenters. The molecule has 0 bridgehead atoms. The Morgan fingerprint density at radius 1 is 1.11 bits per heavy atom. The number of aliphatic hydroxyl groups excluding tert-OH is 1. The van der Waals surface area contributed by atoms with E-state index in [0.29, 0.717) is 11.6 Å². The quantitative estimate of drug-likeness (QED) is 0.869. The monoisotopic (exact) mass is 272 g/mol. The molecular formula is C16H13ClO2. The van der Waals surface area contributed by atoms with Crippen molar-refractivity contribution in [2.75, 3.05) is 6.61 Å². The fourth-order valence-electron chi connectivity index (χ4n) is 1.60. The smallest absolute Gasteiger partial charge is 0.121 e. The van der Waals surface area contributed by atoms with Crippen molar-refractivity contribution in [2.24, 2.45) is 0 Å². The molecule has 1 N–H and O–H groups in total. The fraction of sp³-hybridized carbons (Fsp3) is 0.125. The van der Waals surface area contributed by atoms with Gasteiger partial charge in [-0.3, -0.25) is 0 Å². The van der Waals surface area contributed by atoms with Crippen molar-refractivity contribution in [3.05, 3.63) is 64.7 Å². The summed E-state index contributed by atoms with van der Waals surface area (Å²) in [5, 5.41) is 9.32. The summed E-state index contributed by atoms with van der Waals surface area (Å²) in [6.45, 7) is 0.318. The van der Waals surface area contributed by atoms with Crippen LogP contribution in [0.2, 0.25) is 5.02 Å². The van der Waals surface area contributed by atoms with Gasteiger partial charge in [0, 0.05) is 10.6 Å². The number of halogens is 1. The third-order valence-corrected chi connectivity index (χ3v) is 2.68. The summed E-state index contributed by atoms with van der Waals surface area (Å²) >= 11 is 5.89. The highest BCUT2D eigenvalue weighted by atomic mass is 35.5. The lowest BCUT2D eigenvalue weighted by molar-refractivity contribution is 0.306. The average molecular weight is 273 g/mol. The topological polar surface area (TPSA) is 29.5 Å². The van der Waals surface area contributed by atoms with Gasteiger partial charge >= 0.3 is 0 Å². The SMILES string of the molecule is OCC#Cc1cccc(COc2cccc(Cl)c2)c1. The molecule has 0 saturated carbocycles. The van der Waals surface area contributed by atoms with Gasteiger partial charge in [-0.15, -0.1) is 0 Å². The number of aliphatic hydroxyl groups is 1. The molecule has 0 aliphatic rings. The first-order valence-corrected chi connectivity index (χ1v) is 6.23. The maximum Gasteiger partial charge on any atom is 0.121 e. The van der Waals surface area contributed by atoms with Gasteiger partial charge in [-0.25, -0.2) is 0 Å². The van der Waals surface area contributed by atoms with Gasteiger partial charge < -0.3 is 9.84 Å². The minimum Gasteiger partial charge on any atom is -0.489 e. The molecule has 0 radical (unpaired) electrons. The average Bonchev–Trinajstić information content (AvgIpc) is 2.43. The summed E-state index contributed by atoms with van der Waals surface area (Å²) in [5.74, 6) is 6.22. The lowest BCUT2D eigenvalue weighted by atomic mass is 10.1. The van der Waals surface area contributed by atoms with Gasteiger partial charge in [-0.2, -0.15) is 0 Å². The third-order valence-electron chi connectivity index (χ3n) is 2.44. The molecule has 0 saturated heterocycles. The summed E-state index contributed by atoms with van der Waals surface area (Å²) in [7, 11) is 0. The van der Waals surface area contributed by atoms with Crippen molar-refractivity contribution in [2.45, 2.75) is 6.61 Å². The Balaban J connectivity index is 2.03. The first kappa shape index (κ1) is 13.5. The minimum absolute atomic E-state index is 0.136. The lowest BCUT2D eigenvalue weighted by Gasteiger charge is -2.06. The molecule has 96 valence electrons. The van der Waals surface area contributed by atoms with Crippen molar-refractivity contribution < 1.29 is 9.84 Å². The number of ether oxygens (including phenoxy) is 1. The van der Waals surface area contributed by atoms with E-state index in [1.807, 2.05) is 36.4 Å². The highest BCUT2D eigenvalue weighted by Crippen LogP contribution is 2.18. The Labute approximate surface area is 117 Å². The van der Waals surface area contributed by atoms with Crippen LogP contribution in [0.4, 0.5) is 0 Å². The van der Waals surface area contributed by atoms with Gasteiger partial charge in [0.15, 0.2) is 0 Å². The van der Waals surface area contributed by atoms with Gasteiger partial charge in [-0.1, -0.05) is 41.6 Å². The van der Waals surface area contributed by atoms with E-state index in [-0.39, 0.29) is 6.61 Å². The van der Waals surface area contributed by atoms with E-state index in [0.717, 1.165) is 16.9 Å². The van der Waals surface area contributed by atoms with Crippen LogP contribution in [0.25, 0.3) is 0 Å². The highest BCUT2D eigenvalue weighted by Gasteiger charge is 1.98. The fourth-order valence-corrected chi connectivity index (χ4v) is 1.78. The number of rotatable bonds is 3. The number of hydrogen-bond donors (Lipinski definition) is 1. The van der Waals surface area contributed by atoms with E-state index in [1.54, 1.807) is 12.1 Å². The van der Waals surface area contributed by atoms with Crippen LogP contribution in [0.3, 0.4) is 0 Å². The van der Waals surface area contributed by atoms with Gasteiger partial charge in [-0.05, 0) is 35.9 Å². The van der Waals surface area contributed by atoms with E-state index < -0.39 is 0 Å². The van der Waals surface area contributed by atoms with Crippen LogP contribution in [0.1, 0.15) is 11.1 Å². The third kappa shape index (κ3) is 4.33. The Hall–Kier alpha value is -1.95. The maximum atomic E-state index is 8.66. The van der Waals surface area contributed by atoms with Crippen LogP contribution >= 0.6 is 11.6 Å². The largest absolute Gasteiger partial charge is 0.489 e. The molecule has 2 nitrogen and oxygen atoms in total. The van der Waals surface area contributed by atoms with E-state index in [2.05, 4.69) is 11.8 Å². The summed E-state index contributed by atoms with van der Waals surface area (Å²) in [4.78, 5) is 0. The molecule has 0 heterocycles. The molecule has 0 spiro atoms. The summed E-state index contributed by atoms with van der Waals surface area (Å²) in [5.41, 5.74) is 1.88. The van der Waals surface area contributed by atoms with Crippen molar-refractivity contribution in [3.8, 4) is 17.6 Å². The molecule has 0 aliphatic carbocycles. The van der Waals surface area contributed by atoms with Gasteiger partial charge in [0.25, 0.3) is 0 Å². The van der Waals surface area contributed by atoms with Crippen molar-refractivity contribution in [1.29, 1.82) is 0 Å². The highest BCUT2D eigenvalue weighted by molar-refractivity contribution is 6.30. The molecule has 19 heavy (non-hydrogen) atoms. The van der Waals surface area contributed by atoms with E-state index in [4.69, 9.17) is 21.4 Å². The summed E-state index contributed by atoms with van der Waals surface area (Å²) in [6.07, 6.45) is 0. The molecule has 0 fully saturated rings. The van der Waals surface area contributed by atoms with Crippen molar-refractivity contribution in [3.63, 3.8) is 0 Å². The van der Waals surface area contributed by atoms with Crippen LogP contribution < -0.4 is 4.74 Å². The van der Waals surface area contributed by atoms with Crippen LogP contribution in [-0.2, 0) is 6.61 Å². The van der Waals surface area contributed by atoms with E-state index in [1.165, 1.54) is 0 Å². The van der Waals surface area contributed by atoms with E-state index >= 15 is 0 Å². The molecule has 2 aromatic rings. The van der Waals surface area contributed by atoms with Gasteiger partial charge in [0.05, 0.1) is 0 Å². The molecule has 2 aromatic carbocycles. The maximum absolute atomic E-state index is 8.66. The molecule has 3 heteroatoms. The minimum atomic E-state index is -0.136. The normalized spacial score (nSPS) is 9.58. The van der Waals surface area contributed by atoms with Crippen LogP contribution in [0, 0.1) is 11.8 Å². The molecule has 0 aliphatic heterocycles. The zero-order valence-corrected chi connectivity index (χ0v) is 11.0. The van der Waals surface area contributed by atoms with Gasteiger partial charge in [0.1, 0.15) is 19.0 Å². The Morgan fingerprint density at radius 2 is 1.95 bits per heavy atom.